The van der Waals surface area contributed by atoms with E-state index >= 15 is 0 Å². The summed E-state index contributed by atoms with van der Waals surface area (Å²) in [5.74, 6) is 1.89. The molecule has 17 heavy (non-hydrogen) atoms. The highest BCUT2D eigenvalue weighted by molar-refractivity contribution is 5.48. The van der Waals surface area contributed by atoms with Gasteiger partial charge in [-0.15, -0.1) is 0 Å². The first-order valence-electron chi connectivity index (χ1n) is 6.54. The highest BCUT2D eigenvalue weighted by Gasteiger charge is 2.19. The molecule has 0 unspecified atom stereocenters. The first-order chi connectivity index (χ1) is 8.38. The Balaban J connectivity index is 1.99. The predicted molar refractivity (Wildman–Crippen MR) is 68.9 cm³/mol. The van der Waals surface area contributed by atoms with E-state index in [9.17, 15) is 0 Å². The number of pyridine rings is 1. The van der Waals surface area contributed by atoms with Gasteiger partial charge in [-0.1, -0.05) is 19.3 Å². The fourth-order valence-electron chi connectivity index (χ4n) is 2.86. The summed E-state index contributed by atoms with van der Waals surface area (Å²) >= 11 is 0. The van der Waals surface area contributed by atoms with Crippen LogP contribution in [0.4, 0.5) is 0 Å². The third kappa shape index (κ3) is 1.95. The molecule has 1 saturated carbocycles. The van der Waals surface area contributed by atoms with E-state index in [0.717, 1.165) is 0 Å². The minimum absolute atomic E-state index is 0.598. The van der Waals surface area contributed by atoms with Crippen molar-refractivity contribution in [3.63, 3.8) is 0 Å². The van der Waals surface area contributed by atoms with Crippen molar-refractivity contribution < 1.29 is 0 Å². The molecule has 0 amide bonds. The zero-order chi connectivity index (χ0) is 11.7. The number of imidazole rings is 1. The fraction of sp³-hybridized carbons (Fsp3) is 0.500. The molecule has 2 aromatic rings. The lowest BCUT2D eigenvalue weighted by Gasteiger charge is -2.20. The Morgan fingerprint density at radius 2 is 2.12 bits per heavy atom. The predicted octanol–water partition coefficient (Wildman–Crippen LogP) is 2.84. The molecule has 0 atom stereocenters. The standard InChI is InChI=1S/C14H19N3/c15-9-11-6-7-17-13(8-11)10-16-14(17)12-4-2-1-3-5-12/h6-8,10,12H,1-5,9,15H2. The maximum absolute atomic E-state index is 5.66. The van der Waals surface area contributed by atoms with Crippen molar-refractivity contribution in [1.82, 2.24) is 9.38 Å². The highest BCUT2D eigenvalue weighted by atomic mass is 15.0. The Hall–Kier alpha value is -1.35. The van der Waals surface area contributed by atoms with Gasteiger partial charge in [-0.25, -0.2) is 4.98 Å². The first kappa shape index (κ1) is 10.8. The van der Waals surface area contributed by atoms with Gasteiger partial charge in [-0.05, 0) is 30.5 Å². The van der Waals surface area contributed by atoms with Gasteiger partial charge in [-0.3, -0.25) is 0 Å². The van der Waals surface area contributed by atoms with Crippen LogP contribution in [0.2, 0.25) is 0 Å². The van der Waals surface area contributed by atoms with Gasteiger partial charge in [0.05, 0.1) is 11.7 Å². The summed E-state index contributed by atoms with van der Waals surface area (Å²) in [4.78, 5) is 4.62. The smallest absolute Gasteiger partial charge is 0.116 e. The number of nitrogens with two attached hydrogens (primary N) is 1. The van der Waals surface area contributed by atoms with Crippen LogP contribution in [-0.2, 0) is 6.54 Å². The summed E-state index contributed by atoms with van der Waals surface area (Å²) in [5.41, 5.74) is 8.01. The number of fused-ring (bicyclic) bond motifs is 1. The third-order valence-corrected chi connectivity index (χ3v) is 3.83. The summed E-state index contributed by atoms with van der Waals surface area (Å²) in [6, 6.07) is 4.24. The van der Waals surface area contributed by atoms with Crippen molar-refractivity contribution in [1.29, 1.82) is 0 Å². The van der Waals surface area contributed by atoms with Gasteiger partial charge < -0.3 is 10.1 Å². The number of hydrogen-bond acceptors (Lipinski definition) is 2. The number of hydrogen-bond donors (Lipinski definition) is 1. The molecule has 0 spiro atoms. The Morgan fingerprint density at radius 3 is 2.88 bits per heavy atom. The molecule has 0 aromatic carbocycles. The lowest BCUT2D eigenvalue weighted by Crippen LogP contribution is -2.08. The molecule has 2 N–H and O–H groups in total. The molecule has 3 heteroatoms. The normalized spacial score (nSPS) is 17.7. The lowest BCUT2D eigenvalue weighted by molar-refractivity contribution is 0.428. The monoisotopic (exact) mass is 229 g/mol. The molecule has 3 nitrogen and oxygen atoms in total. The van der Waals surface area contributed by atoms with E-state index in [0.29, 0.717) is 12.5 Å². The van der Waals surface area contributed by atoms with Gasteiger partial charge in [-0.2, -0.15) is 0 Å². The van der Waals surface area contributed by atoms with Gasteiger partial charge >= 0.3 is 0 Å². The van der Waals surface area contributed by atoms with Crippen LogP contribution in [-0.4, -0.2) is 9.38 Å². The van der Waals surface area contributed by atoms with E-state index in [4.69, 9.17) is 5.73 Å². The molecule has 2 aromatic heterocycles. The zero-order valence-electron chi connectivity index (χ0n) is 10.1. The molecule has 1 aliphatic rings. The molecular formula is C14H19N3. The molecule has 2 heterocycles. The Morgan fingerprint density at radius 1 is 1.29 bits per heavy atom. The van der Waals surface area contributed by atoms with Gasteiger partial charge in [0, 0.05) is 18.7 Å². The molecule has 0 bridgehead atoms. The van der Waals surface area contributed by atoms with Crippen molar-refractivity contribution in [2.24, 2.45) is 5.73 Å². The number of aromatic nitrogens is 2. The van der Waals surface area contributed by atoms with E-state index in [2.05, 4.69) is 27.7 Å². The largest absolute Gasteiger partial charge is 0.326 e. The topological polar surface area (TPSA) is 43.3 Å². The van der Waals surface area contributed by atoms with E-state index < -0.39 is 0 Å². The summed E-state index contributed by atoms with van der Waals surface area (Å²) in [5, 5.41) is 0. The SMILES string of the molecule is NCc1ccn2c(C3CCCCC3)ncc2c1. The van der Waals surface area contributed by atoms with Crippen LogP contribution in [0.15, 0.2) is 24.5 Å². The molecule has 0 radical (unpaired) electrons. The average molecular weight is 229 g/mol. The Labute approximate surface area is 102 Å². The summed E-state index contributed by atoms with van der Waals surface area (Å²) in [6.07, 6.45) is 10.8. The fourth-order valence-corrected chi connectivity index (χ4v) is 2.86. The van der Waals surface area contributed by atoms with Crippen molar-refractivity contribution in [3.05, 3.63) is 35.9 Å². The second-order valence-corrected chi connectivity index (χ2v) is 4.99. The first-order valence-corrected chi connectivity index (χ1v) is 6.54. The minimum atomic E-state index is 0.598. The van der Waals surface area contributed by atoms with E-state index in [-0.39, 0.29) is 0 Å². The van der Waals surface area contributed by atoms with Crippen LogP contribution in [0.3, 0.4) is 0 Å². The molecular weight excluding hydrogens is 210 g/mol. The van der Waals surface area contributed by atoms with E-state index in [1.807, 2.05) is 6.20 Å². The zero-order valence-corrected chi connectivity index (χ0v) is 10.1. The van der Waals surface area contributed by atoms with Gasteiger partial charge in [0.15, 0.2) is 0 Å². The number of rotatable bonds is 2. The van der Waals surface area contributed by atoms with Crippen molar-refractivity contribution >= 4 is 5.52 Å². The van der Waals surface area contributed by atoms with Crippen molar-refractivity contribution in [2.45, 2.75) is 44.6 Å². The van der Waals surface area contributed by atoms with Crippen LogP contribution in [0.25, 0.3) is 5.52 Å². The van der Waals surface area contributed by atoms with Crippen LogP contribution >= 0.6 is 0 Å². The molecule has 0 saturated heterocycles. The second-order valence-electron chi connectivity index (χ2n) is 4.99. The maximum Gasteiger partial charge on any atom is 0.116 e. The van der Waals surface area contributed by atoms with Crippen LogP contribution in [0.5, 0.6) is 0 Å². The quantitative estimate of drug-likeness (QED) is 0.860. The van der Waals surface area contributed by atoms with Crippen LogP contribution < -0.4 is 5.73 Å². The lowest BCUT2D eigenvalue weighted by atomic mass is 9.89. The summed E-state index contributed by atoms with van der Waals surface area (Å²) in [6.45, 7) is 0.598. The van der Waals surface area contributed by atoms with Gasteiger partial charge in [0.25, 0.3) is 0 Å². The second kappa shape index (κ2) is 4.49. The highest BCUT2D eigenvalue weighted by Crippen LogP contribution is 2.32. The number of nitrogens with zero attached hydrogens (tertiary/aromatic N) is 2. The Kier molecular flexibility index (Phi) is 2.85. The third-order valence-electron chi connectivity index (χ3n) is 3.83. The van der Waals surface area contributed by atoms with E-state index in [1.54, 1.807) is 0 Å². The van der Waals surface area contributed by atoms with Crippen LogP contribution in [0, 0.1) is 0 Å². The summed E-state index contributed by atoms with van der Waals surface area (Å²) in [7, 11) is 0. The molecule has 3 rings (SSSR count). The Bertz CT molecular complexity index is 509. The van der Waals surface area contributed by atoms with E-state index in [1.165, 1.54) is 49.0 Å². The summed E-state index contributed by atoms with van der Waals surface area (Å²) < 4.78 is 2.23. The van der Waals surface area contributed by atoms with Gasteiger partial charge in [0.1, 0.15) is 5.82 Å². The van der Waals surface area contributed by atoms with Crippen LogP contribution in [0.1, 0.15) is 49.4 Å². The molecule has 90 valence electrons. The molecule has 0 aliphatic heterocycles. The minimum Gasteiger partial charge on any atom is -0.326 e. The maximum atomic E-state index is 5.66. The van der Waals surface area contributed by atoms with Crippen molar-refractivity contribution in [3.8, 4) is 0 Å². The average Bonchev–Trinajstić information content (AvgIpc) is 2.82. The molecule has 1 fully saturated rings. The van der Waals surface area contributed by atoms with Crippen molar-refractivity contribution in [2.75, 3.05) is 0 Å². The van der Waals surface area contributed by atoms with Gasteiger partial charge in [0.2, 0.25) is 0 Å². The molecule has 1 aliphatic carbocycles.